The minimum absolute atomic E-state index is 0.271. The Morgan fingerprint density at radius 1 is 1.37 bits per heavy atom. The second-order valence-corrected chi connectivity index (χ2v) is 10.0. The van der Waals surface area contributed by atoms with Crippen molar-refractivity contribution in [2.75, 3.05) is 13.2 Å². The molecule has 1 aliphatic rings. The van der Waals surface area contributed by atoms with E-state index in [2.05, 4.69) is 5.09 Å². The number of aromatic amines is 1. The highest BCUT2D eigenvalue weighted by Gasteiger charge is 2.55. The summed E-state index contributed by atoms with van der Waals surface area (Å²) in [5, 5.41) is 13.4. The molecular weight excluding hydrogens is 436 g/mol. The molecule has 1 aromatic carbocycles. The van der Waals surface area contributed by atoms with E-state index in [4.69, 9.17) is 25.6 Å². The molecule has 1 saturated heterocycles. The van der Waals surface area contributed by atoms with Gasteiger partial charge < -0.3 is 18.9 Å². The SMILES string of the molecule is CCNP(=S)(OCC1OC(n2ccc(=O)[nH]c2=O)C(C)(F)C1O)Oc1ccccc1. The maximum absolute atomic E-state index is 15.3. The van der Waals surface area contributed by atoms with Crippen molar-refractivity contribution in [2.45, 2.75) is 38.0 Å². The molecule has 0 aliphatic carbocycles. The quantitative estimate of drug-likeness (QED) is 0.509. The number of aliphatic hydroxyl groups excluding tert-OH is 1. The van der Waals surface area contributed by atoms with Crippen LogP contribution in [-0.4, -0.2) is 45.7 Å². The first-order valence-corrected chi connectivity index (χ1v) is 11.9. The highest BCUT2D eigenvalue weighted by molar-refractivity contribution is 8.09. The Morgan fingerprint density at radius 3 is 2.70 bits per heavy atom. The van der Waals surface area contributed by atoms with Crippen molar-refractivity contribution in [3.63, 3.8) is 0 Å². The minimum Gasteiger partial charge on any atom is -0.433 e. The second kappa shape index (κ2) is 9.09. The molecule has 2 aromatic rings. The lowest BCUT2D eigenvalue weighted by atomic mass is 9.98. The molecule has 0 amide bonds. The molecule has 12 heteroatoms. The number of aliphatic hydroxyl groups is 1. The Morgan fingerprint density at radius 2 is 2.07 bits per heavy atom. The van der Waals surface area contributed by atoms with Crippen molar-refractivity contribution in [2.24, 2.45) is 0 Å². The molecule has 1 fully saturated rings. The van der Waals surface area contributed by atoms with Gasteiger partial charge in [-0.2, -0.15) is 0 Å². The predicted octanol–water partition coefficient (Wildman–Crippen LogP) is 1.45. The van der Waals surface area contributed by atoms with Gasteiger partial charge in [-0.3, -0.25) is 14.3 Å². The van der Waals surface area contributed by atoms with Gasteiger partial charge in [0.05, 0.1) is 6.61 Å². The largest absolute Gasteiger partial charge is 0.433 e. The fourth-order valence-corrected chi connectivity index (χ4v) is 5.22. The summed E-state index contributed by atoms with van der Waals surface area (Å²) in [4.78, 5) is 25.3. The number of hydrogen-bond acceptors (Lipinski definition) is 7. The number of ether oxygens (including phenoxy) is 1. The smallest absolute Gasteiger partial charge is 0.330 e. The predicted molar refractivity (Wildman–Crippen MR) is 112 cm³/mol. The van der Waals surface area contributed by atoms with Gasteiger partial charge in [0.1, 0.15) is 18.0 Å². The van der Waals surface area contributed by atoms with Crippen LogP contribution in [0, 0.1) is 0 Å². The van der Waals surface area contributed by atoms with E-state index in [1.54, 1.807) is 24.3 Å². The zero-order chi connectivity index (χ0) is 21.9. The first-order chi connectivity index (χ1) is 14.2. The van der Waals surface area contributed by atoms with Gasteiger partial charge in [0.15, 0.2) is 11.9 Å². The molecule has 0 spiro atoms. The Labute approximate surface area is 177 Å². The zero-order valence-electron chi connectivity index (χ0n) is 16.4. The monoisotopic (exact) mass is 459 g/mol. The van der Waals surface area contributed by atoms with Crippen LogP contribution < -0.4 is 20.9 Å². The van der Waals surface area contributed by atoms with E-state index in [9.17, 15) is 14.7 Å². The number of rotatable bonds is 8. The Bertz CT molecular complexity index is 1030. The van der Waals surface area contributed by atoms with E-state index in [0.717, 1.165) is 23.8 Å². The van der Waals surface area contributed by atoms with E-state index >= 15 is 4.39 Å². The third kappa shape index (κ3) is 4.88. The van der Waals surface area contributed by atoms with E-state index in [-0.39, 0.29) is 6.61 Å². The van der Waals surface area contributed by atoms with Gasteiger partial charge in [0.2, 0.25) is 0 Å². The molecule has 1 aliphatic heterocycles. The molecule has 30 heavy (non-hydrogen) atoms. The molecular formula is C18H23FN3O6PS. The van der Waals surface area contributed by atoms with Crippen molar-refractivity contribution >= 4 is 18.4 Å². The molecule has 164 valence electrons. The van der Waals surface area contributed by atoms with Crippen molar-refractivity contribution in [3.05, 3.63) is 63.4 Å². The number of aromatic nitrogens is 2. The lowest BCUT2D eigenvalue weighted by Crippen LogP contribution is -2.43. The molecule has 0 saturated carbocycles. The van der Waals surface area contributed by atoms with Crippen LogP contribution in [0.2, 0.25) is 0 Å². The fourth-order valence-electron chi connectivity index (χ4n) is 3.05. The summed E-state index contributed by atoms with van der Waals surface area (Å²) in [6.45, 7) is 0.121. The lowest BCUT2D eigenvalue weighted by Gasteiger charge is -2.26. The van der Waals surface area contributed by atoms with Crippen LogP contribution in [0.15, 0.2) is 52.2 Å². The van der Waals surface area contributed by atoms with Crippen LogP contribution in [-0.2, 0) is 21.1 Å². The third-order valence-electron chi connectivity index (χ3n) is 4.55. The first-order valence-electron chi connectivity index (χ1n) is 9.24. The Hall–Kier alpha value is -1.88. The Kier molecular flexibility index (Phi) is 6.91. The second-order valence-electron chi connectivity index (χ2n) is 6.85. The summed E-state index contributed by atoms with van der Waals surface area (Å²) in [7, 11) is 0. The summed E-state index contributed by atoms with van der Waals surface area (Å²) in [6, 6.07) is 9.90. The molecule has 3 N–H and O–H groups in total. The molecule has 5 atom stereocenters. The molecule has 2 heterocycles. The molecule has 0 radical (unpaired) electrons. The summed E-state index contributed by atoms with van der Waals surface area (Å²) in [6.07, 6.45) is -3.08. The van der Waals surface area contributed by atoms with Crippen LogP contribution in [0.1, 0.15) is 20.1 Å². The highest BCUT2D eigenvalue weighted by atomic mass is 32.5. The van der Waals surface area contributed by atoms with Gasteiger partial charge in [0.25, 0.3) is 5.56 Å². The van der Waals surface area contributed by atoms with Crippen LogP contribution in [0.25, 0.3) is 0 Å². The van der Waals surface area contributed by atoms with Crippen molar-refractivity contribution in [3.8, 4) is 5.75 Å². The fraction of sp³-hybridized carbons (Fsp3) is 0.444. The normalized spacial score (nSPS) is 28.2. The summed E-state index contributed by atoms with van der Waals surface area (Å²) in [5.41, 5.74) is -3.80. The highest BCUT2D eigenvalue weighted by Crippen LogP contribution is 2.47. The minimum atomic E-state index is -3.02. The molecule has 1 aromatic heterocycles. The zero-order valence-corrected chi connectivity index (χ0v) is 18.1. The van der Waals surface area contributed by atoms with E-state index < -0.39 is 42.0 Å². The number of H-pyrrole nitrogens is 1. The number of alkyl halides is 1. The average Bonchev–Trinajstić information content (AvgIpc) is 2.91. The number of benzene rings is 1. The van der Waals surface area contributed by atoms with Gasteiger partial charge >= 0.3 is 12.3 Å². The van der Waals surface area contributed by atoms with Gasteiger partial charge in [0, 0.05) is 18.8 Å². The van der Waals surface area contributed by atoms with E-state index in [1.807, 2.05) is 18.0 Å². The van der Waals surface area contributed by atoms with E-state index in [0.29, 0.717) is 12.3 Å². The van der Waals surface area contributed by atoms with Gasteiger partial charge in [-0.1, -0.05) is 25.1 Å². The standard InChI is InChI=1S/C18H23FN3O6PS/c1-3-20-29(30,28-12-7-5-4-6-8-12)26-11-13-15(24)18(2,19)16(27-13)22-10-9-14(23)21-17(22)25/h4-10,13,15-16,24H,3,11H2,1-2H3,(H,20,30)(H,21,23,25). The van der Waals surface area contributed by atoms with Crippen molar-refractivity contribution in [1.29, 1.82) is 0 Å². The topological polar surface area (TPSA) is 115 Å². The maximum Gasteiger partial charge on any atom is 0.330 e. The average molecular weight is 459 g/mol. The van der Waals surface area contributed by atoms with Crippen LogP contribution in [0.5, 0.6) is 5.75 Å². The molecule has 3 rings (SSSR count). The van der Waals surface area contributed by atoms with Crippen molar-refractivity contribution < 1.29 is 23.3 Å². The number of para-hydroxylation sites is 1. The summed E-state index contributed by atoms with van der Waals surface area (Å²) >= 11 is 5.50. The number of hydrogen-bond donors (Lipinski definition) is 3. The Balaban J connectivity index is 1.76. The van der Waals surface area contributed by atoms with Gasteiger partial charge in [-0.15, -0.1) is 0 Å². The van der Waals surface area contributed by atoms with Crippen molar-refractivity contribution in [1.82, 2.24) is 14.6 Å². The molecule has 0 bridgehead atoms. The summed E-state index contributed by atoms with van der Waals surface area (Å²) in [5.74, 6) is 0.502. The molecule has 9 nitrogen and oxygen atoms in total. The maximum atomic E-state index is 15.3. The summed E-state index contributed by atoms with van der Waals surface area (Å²) < 4.78 is 33.3. The molecule has 5 unspecified atom stereocenters. The first kappa shape index (κ1) is 22.8. The van der Waals surface area contributed by atoms with Crippen LogP contribution >= 0.6 is 6.64 Å². The van der Waals surface area contributed by atoms with Crippen LogP contribution in [0.4, 0.5) is 4.39 Å². The van der Waals surface area contributed by atoms with E-state index in [1.165, 1.54) is 0 Å². The van der Waals surface area contributed by atoms with Gasteiger partial charge in [-0.05, 0) is 30.9 Å². The number of halogens is 1. The van der Waals surface area contributed by atoms with Crippen LogP contribution in [0.3, 0.4) is 0 Å². The number of nitrogens with zero attached hydrogens (tertiary/aromatic N) is 1. The number of nitrogens with one attached hydrogen (secondary N) is 2. The van der Waals surface area contributed by atoms with Gasteiger partial charge in [-0.25, -0.2) is 14.3 Å². The lowest BCUT2D eigenvalue weighted by molar-refractivity contribution is -0.0585. The third-order valence-corrected chi connectivity index (χ3v) is 7.12.